The minimum Gasteiger partial charge on any atom is -0.353 e. The van der Waals surface area contributed by atoms with E-state index in [1.54, 1.807) is 0 Å². The molecule has 1 aromatic carbocycles. The largest absolute Gasteiger partial charge is 0.353 e. The van der Waals surface area contributed by atoms with Gasteiger partial charge in [0.1, 0.15) is 0 Å². The van der Waals surface area contributed by atoms with Crippen molar-refractivity contribution in [3.8, 4) is 0 Å². The number of fused-ring (bicyclic) bond motifs is 1. The van der Waals surface area contributed by atoms with Crippen molar-refractivity contribution in [3.63, 3.8) is 0 Å². The first-order chi connectivity index (χ1) is 7.72. The van der Waals surface area contributed by atoms with Gasteiger partial charge in [0.15, 0.2) is 0 Å². The maximum Gasteiger partial charge on any atom is 0.204 e. The molecule has 1 aromatic heterocycles. The van der Waals surface area contributed by atoms with Crippen molar-refractivity contribution >= 4 is 17.0 Å². The Morgan fingerprint density at radius 2 is 2.12 bits per heavy atom. The third-order valence-electron chi connectivity index (χ3n) is 2.43. The van der Waals surface area contributed by atoms with Crippen LogP contribution in [0.5, 0.6) is 0 Å². The fraction of sp³-hybridized carbons (Fsp3) is 0.417. The molecule has 0 atom stereocenters. The van der Waals surface area contributed by atoms with E-state index >= 15 is 0 Å². The Morgan fingerprint density at radius 3 is 2.81 bits per heavy atom. The van der Waals surface area contributed by atoms with Crippen LogP contribution < -0.4 is 11.1 Å². The number of anilines is 1. The Kier molecular flexibility index (Phi) is 3.10. The van der Waals surface area contributed by atoms with Gasteiger partial charge in [-0.3, -0.25) is 0 Å². The summed E-state index contributed by atoms with van der Waals surface area (Å²) in [5, 5.41) is 3.34. The van der Waals surface area contributed by atoms with Gasteiger partial charge in [-0.15, -0.1) is 0 Å². The summed E-state index contributed by atoms with van der Waals surface area (Å²) in [5.74, 6) is 0.904. The molecule has 0 radical (unpaired) electrons. The number of rotatable bonds is 4. The molecule has 4 heteroatoms. The summed E-state index contributed by atoms with van der Waals surface area (Å²) >= 11 is 0. The molecule has 1 heterocycles. The summed E-state index contributed by atoms with van der Waals surface area (Å²) in [6.45, 7) is 5.61. The molecule has 0 aliphatic rings. The van der Waals surface area contributed by atoms with Crippen molar-refractivity contribution < 1.29 is 0 Å². The molecule has 0 bridgehead atoms. The van der Waals surface area contributed by atoms with E-state index in [1.165, 1.54) is 0 Å². The van der Waals surface area contributed by atoms with Crippen LogP contribution in [0.25, 0.3) is 11.0 Å². The number of imidazole rings is 1. The molecule has 0 aliphatic carbocycles. The predicted octanol–water partition coefficient (Wildman–Crippen LogP) is 1.82. The summed E-state index contributed by atoms with van der Waals surface area (Å²) in [6, 6.07) is 8.49. The van der Waals surface area contributed by atoms with E-state index in [0.29, 0.717) is 12.6 Å². The van der Waals surface area contributed by atoms with E-state index in [2.05, 4.69) is 34.8 Å². The molecule has 0 saturated heterocycles. The van der Waals surface area contributed by atoms with Crippen molar-refractivity contribution in [3.05, 3.63) is 24.3 Å². The second-order valence-corrected chi connectivity index (χ2v) is 4.16. The van der Waals surface area contributed by atoms with Gasteiger partial charge < -0.3 is 15.6 Å². The SMILES string of the molecule is CC(C)Nc1nc2ccccc2n1CCN. The molecular weight excluding hydrogens is 200 g/mol. The molecule has 0 saturated carbocycles. The highest BCUT2D eigenvalue weighted by Gasteiger charge is 2.09. The highest BCUT2D eigenvalue weighted by Crippen LogP contribution is 2.19. The summed E-state index contributed by atoms with van der Waals surface area (Å²) in [5.41, 5.74) is 7.78. The van der Waals surface area contributed by atoms with Crippen LogP contribution in [-0.2, 0) is 6.54 Å². The van der Waals surface area contributed by atoms with Gasteiger partial charge in [0.25, 0.3) is 0 Å². The molecule has 4 nitrogen and oxygen atoms in total. The Labute approximate surface area is 95.5 Å². The highest BCUT2D eigenvalue weighted by atomic mass is 15.2. The summed E-state index contributed by atoms with van der Waals surface area (Å²) < 4.78 is 2.13. The Bertz CT molecular complexity index is 473. The third-order valence-corrected chi connectivity index (χ3v) is 2.43. The molecular formula is C12H18N4. The average molecular weight is 218 g/mol. The average Bonchev–Trinajstić information content (AvgIpc) is 2.57. The molecule has 0 aliphatic heterocycles. The van der Waals surface area contributed by atoms with Gasteiger partial charge in [0.2, 0.25) is 5.95 Å². The number of hydrogen-bond donors (Lipinski definition) is 2. The van der Waals surface area contributed by atoms with Gasteiger partial charge >= 0.3 is 0 Å². The van der Waals surface area contributed by atoms with E-state index in [0.717, 1.165) is 23.5 Å². The second-order valence-electron chi connectivity index (χ2n) is 4.16. The van der Waals surface area contributed by atoms with E-state index < -0.39 is 0 Å². The van der Waals surface area contributed by atoms with Gasteiger partial charge in [-0.05, 0) is 26.0 Å². The number of nitrogens with one attached hydrogen (secondary N) is 1. The maximum atomic E-state index is 5.63. The number of nitrogens with zero attached hydrogens (tertiary/aromatic N) is 2. The van der Waals surface area contributed by atoms with Gasteiger partial charge in [-0.1, -0.05) is 12.1 Å². The van der Waals surface area contributed by atoms with Gasteiger partial charge in [-0.25, -0.2) is 4.98 Å². The lowest BCUT2D eigenvalue weighted by Crippen LogP contribution is -2.17. The number of aromatic nitrogens is 2. The first-order valence-corrected chi connectivity index (χ1v) is 5.64. The lowest BCUT2D eigenvalue weighted by molar-refractivity contribution is 0.720. The predicted molar refractivity (Wildman–Crippen MR) is 67.5 cm³/mol. The van der Waals surface area contributed by atoms with Crippen LogP contribution in [0.15, 0.2) is 24.3 Å². The zero-order chi connectivity index (χ0) is 11.5. The maximum absolute atomic E-state index is 5.63. The molecule has 2 rings (SSSR count). The molecule has 0 fully saturated rings. The van der Waals surface area contributed by atoms with Crippen LogP contribution in [0.2, 0.25) is 0 Å². The first kappa shape index (κ1) is 11.0. The van der Waals surface area contributed by atoms with E-state index in [4.69, 9.17) is 5.73 Å². The van der Waals surface area contributed by atoms with Crippen molar-refractivity contribution in [2.75, 3.05) is 11.9 Å². The van der Waals surface area contributed by atoms with E-state index in [1.807, 2.05) is 18.2 Å². The molecule has 2 aromatic rings. The molecule has 0 amide bonds. The van der Waals surface area contributed by atoms with E-state index in [9.17, 15) is 0 Å². The summed E-state index contributed by atoms with van der Waals surface area (Å²) in [4.78, 5) is 4.57. The topological polar surface area (TPSA) is 55.9 Å². The normalized spacial score (nSPS) is 11.2. The first-order valence-electron chi connectivity index (χ1n) is 5.64. The minimum atomic E-state index is 0.369. The molecule has 0 unspecified atom stereocenters. The molecule has 86 valence electrons. The lowest BCUT2D eigenvalue weighted by Gasteiger charge is -2.11. The van der Waals surface area contributed by atoms with E-state index in [-0.39, 0.29) is 0 Å². The summed E-state index contributed by atoms with van der Waals surface area (Å²) in [7, 11) is 0. The standard InChI is InChI=1S/C12H18N4/c1-9(2)14-12-15-10-5-3-4-6-11(10)16(12)8-7-13/h3-6,9H,7-8,13H2,1-2H3,(H,14,15). The van der Waals surface area contributed by atoms with Gasteiger partial charge in [0, 0.05) is 19.1 Å². The van der Waals surface area contributed by atoms with Gasteiger partial charge in [0.05, 0.1) is 11.0 Å². The number of nitrogens with two attached hydrogens (primary N) is 1. The zero-order valence-electron chi connectivity index (χ0n) is 9.77. The smallest absolute Gasteiger partial charge is 0.204 e. The fourth-order valence-corrected chi connectivity index (χ4v) is 1.80. The number of hydrogen-bond acceptors (Lipinski definition) is 3. The molecule has 3 N–H and O–H groups in total. The van der Waals surface area contributed by atoms with Crippen LogP contribution in [0, 0.1) is 0 Å². The van der Waals surface area contributed by atoms with Crippen molar-refractivity contribution in [2.45, 2.75) is 26.4 Å². The quantitative estimate of drug-likeness (QED) is 0.823. The Balaban J connectivity index is 2.49. The fourth-order valence-electron chi connectivity index (χ4n) is 1.80. The lowest BCUT2D eigenvalue weighted by atomic mass is 10.3. The second kappa shape index (κ2) is 4.53. The zero-order valence-corrected chi connectivity index (χ0v) is 9.77. The Morgan fingerprint density at radius 1 is 1.38 bits per heavy atom. The third kappa shape index (κ3) is 2.02. The molecule has 16 heavy (non-hydrogen) atoms. The van der Waals surface area contributed by atoms with Crippen LogP contribution in [0.1, 0.15) is 13.8 Å². The van der Waals surface area contributed by atoms with Crippen LogP contribution in [-0.4, -0.2) is 22.1 Å². The van der Waals surface area contributed by atoms with Crippen molar-refractivity contribution in [1.82, 2.24) is 9.55 Å². The minimum absolute atomic E-state index is 0.369. The van der Waals surface area contributed by atoms with Gasteiger partial charge in [-0.2, -0.15) is 0 Å². The van der Waals surface area contributed by atoms with Crippen LogP contribution in [0.4, 0.5) is 5.95 Å². The Hall–Kier alpha value is -1.55. The van der Waals surface area contributed by atoms with Crippen LogP contribution >= 0.6 is 0 Å². The van der Waals surface area contributed by atoms with Crippen LogP contribution in [0.3, 0.4) is 0 Å². The highest BCUT2D eigenvalue weighted by molar-refractivity contribution is 5.78. The number of benzene rings is 1. The number of para-hydroxylation sites is 2. The summed E-state index contributed by atoms with van der Waals surface area (Å²) in [6.07, 6.45) is 0. The monoisotopic (exact) mass is 218 g/mol. The van der Waals surface area contributed by atoms with Crippen molar-refractivity contribution in [1.29, 1.82) is 0 Å². The molecule has 0 spiro atoms. The van der Waals surface area contributed by atoms with Crippen molar-refractivity contribution in [2.24, 2.45) is 5.73 Å².